The van der Waals surface area contributed by atoms with Crippen LogP contribution < -0.4 is 0 Å². The fraction of sp³-hybridized carbons (Fsp3) is 0.417. The minimum Gasteiger partial charge on any atom is -0.466 e. The van der Waals surface area contributed by atoms with Gasteiger partial charge in [0.1, 0.15) is 0 Å². The summed E-state index contributed by atoms with van der Waals surface area (Å²) >= 11 is 0. The van der Waals surface area contributed by atoms with Gasteiger partial charge in [-0.3, -0.25) is 4.79 Å². The molecule has 0 saturated heterocycles. The van der Waals surface area contributed by atoms with E-state index in [4.69, 9.17) is 4.74 Å². The Kier molecular flexibility index (Phi) is 12.5. The van der Waals surface area contributed by atoms with Gasteiger partial charge in [-0.25, -0.2) is 0 Å². The van der Waals surface area contributed by atoms with E-state index in [1.165, 1.54) is 5.56 Å². The normalized spacial score (nSPS) is 8.56. The first-order valence-electron chi connectivity index (χ1n) is 4.93. The van der Waals surface area contributed by atoms with Crippen molar-refractivity contribution < 1.29 is 29.0 Å². The van der Waals surface area contributed by atoms with Crippen molar-refractivity contribution in [2.24, 2.45) is 0 Å². The maximum absolute atomic E-state index is 11.0. The summed E-state index contributed by atoms with van der Waals surface area (Å²) < 4.78 is 4.83. The second-order valence-corrected chi connectivity index (χ2v) is 3.07. The van der Waals surface area contributed by atoms with Gasteiger partial charge in [-0.05, 0) is 13.3 Å². The molecule has 1 rings (SSSR count). The molecule has 0 heterocycles. The second kappa shape index (κ2) is 11.1. The predicted molar refractivity (Wildman–Crippen MR) is 62.1 cm³/mol. The molecular formula is C12H16ClO2Zn-. The van der Waals surface area contributed by atoms with Crippen molar-refractivity contribution >= 4 is 18.4 Å². The summed E-state index contributed by atoms with van der Waals surface area (Å²) in [7, 11) is 0. The third-order valence-corrected chi connectivity index (χ3v) is 1.92. The summed E-state index contributed by atoms with van der Waals surface area (Å²) in [6, 6.07) is 10.8. The molecule has 2 nitrogen and oxygen atoms in total. The number of ether oxygens (including phenoxy) is 1. The summed E-state index contributed by atoms with van der Waals surface area (Å²) in [5.41, 5.74) is 1.22. The van der Waals surface area contributed by atoms with Crippen molar-refractivity contribution in [3.8, 4) is 0 Å². The van der Waals surface area contributed by atoms with Gasteiger partial charge in [0.05, 0.1) is 6.61 Å². The van der Waals surface area contributed by atoms with Crippen LogP contribution in [0.1, 0.15) is 25.3 Å². The quantitative estimate of drug-likeness (QED) is 0.474. The number of esters is 1. The maximum atomic E-state index is 11.0. The van der Waals surface area contributed by atoms with Crippen LogP contribution in [0.4, 0.5) is 0 Å². The third kappa shape index (κ3) is 7.84. The van der Waals surface area contributed by atoms with Crippen LogP contribution in [0.3, 0.4) is 0 Å². The number of benzene rings is 1. The van der Waals surface area contributed by atoms with Crippen LogP contribution in [-0.2, 0) is 35.4 Å². The zero-order chi connectivity index (χ0) is 10.2. The molecule has 0 N–H and O–H groups in total. The van der Waals surface area contributed by atoms with E-state index in [1.807, 2.05) is 31.2 Å². The molecule has 0 unspecified atom stereocenters. The Morgan fingerprint density at radius 1 is 1.50 bits per heavy atom. The minimum absolute atomic E-state index is 0. The Hall–Kier alpha value is -0.397. The SMILES string of the molecule is CCOC(=O)CCCc1c[c-]ccc1.Cl.[Zn]. The maximum Gasteiger partial charge on any atom is 0.305 e. The first-order chi connectivity index (χ1) is 6.83. The van der Waals surface area contributed by atoms with Crippen LogP contribution in [0.5, 0.6) is 0 Å². The second-order valence-electron chi connectivity index (χ2n) is 3.07. The Morgan fingerprint density at radius 3 is 2.81 bits per heavy atom. The summed E-state index contributed by atoms with van der Waals surface area (Å²) in [5, 5.41) is 0. The first-order valence-corrected chi connectivity index (χ1v) is 4.93. The van der Waals surface area contributed by atoms with Gasteiger partial charge in [0, 0.05) is 25.9 Å². The molecule has 86 valence electrons. The van der Waals surface area contributed by atoms with E-state index in [1.54, 1.807) is 0 Å². The van der Waals surface area contributed by atoms with Crippen LogP contribution in [0.25, 0.3) is 0 Å². The molecule has 0 aliphatic heterocycles. The molecule has 0 spiro atoms. The number of aryl methyl sites for hydroxylation is 1. The van der Waals surface area contributed by atoms with Crippen LogP contribution in [0, 0.1) is 6.07 Å². The summed E-state index contributed by atoms with van der Waals surface area (Å²) in [4.78, 5) is 11.0. The largest absolute Gasteiger partial charge is 0.466 e. The number of halogens is 1. The van der Waals surface area contributed by atoms with Crippen LogP contribution in [0.2, 0.25) is 0 Å². The van der Waals surface area contributed by atoms with E-state index in [-0.39, 0.29) is 37.9 Å². The molecule has 16 heavy (non-hydrogen) atoms. The zero-order valence-corrected chi connectivity index (χ0v) is 13.4. The Balaban J connectivity index is 0. The monoisotopic (exact) mass is 291 g/mol. The standard InChI is InChI=1S/C12H15O2.ClH.Zn/c1-2-14-12(13)10-6-9-11-7-4-3-5-8-11;;/h3-4,7-8H,2,6,9-10H2,1H3;1H;/q-1;;. The number of hydrogen-bond donors (Lipinski definition) is 0. The molecule has 0 aromatic heterocycles. The molecule has 0 radical (unpaired) electrons. The van der Waals surface area contributed by atoms with Crippen LogP contribution in [0.15, 0.2) is 24.3 Å². The van der Waals surface area contributed by atoms with E-state index < -0.39 is 0 Å². The third-order valence-electron chi connectivity index (χ3n) is 1.92. The Labute approximate surface area is 116 Å². The van der Waals surface area contributed by atoms with Gasteiger partial charge in [-0.1, -0.05) is 6.42 Å². The number of carbonyl (C=O) groups is 1. The van der Waals surface area contributed by atoms with E-state index in [9.17, 15) is 4.79 Å². The number of carbonyl (C=O) groups excluding carboxylic acids is 1. The van der Waals surface area contributed by atoms with Crippen molar-refractivity contribution in [3.63, 3.8) is 0 Å². The molecule has 4 heteroatoms. The molecule has 0 aliphatic carbocycles. The summed E-state index contributed by atoms with van der Waals surface area (Å²) in [6.45, 7) is 2.29. The Bertz CT molecular complexity index is 278. The minimum atomic E-state index is -0.104. The molecular weight excluding hydrogens is 277 g/mol. The van der Waals surface area contributed by atoms with Gasteiger partial charge >= 0.3 is 5.97 Å². The number of rotatable bonds is 5. The van der Waals surface area contributed by atoms with Crippen molar-refractivity contribution in [2.45, 2.75) is 26.2 Å². The van der Waals surface area contributed by atoms with Crippen molar-refractivity contribution in [2.75, 3.05) is 6.61 Å². The van der Waals surface area contributed by atoms with Crippen molar-refractivity contribution in [3.05, 3.63) is 35.9 Å². The van der Waals surface area contributed by atoms with Gasteiger partial charge in [-0.2, -0.15) is 35.9 Å². The van der Waals surface area contributed by atoms with Gasteiger partial charge < -0.3 is 4.74 Å². The van der Waals surface area contributed by atoms with E-state index in [2.05, 4.69) is 6.07 Å². The average Bonchev–Trinajstić information content (AvgIpc) is 2.20. The van der Waals surface area contributed by atoms with E-state index in [0.29, 0.717) is 13.0 Å². The predicted octanol–water partition coefficient (Wildman–Crippen LogP) is 2.79. The molecule has 0 atom stereocenters. The van der Waals surface area contributed by atoms with Gasteiger partial charge in [-0.15, -0.1) is 12.4 Å². The van der Waals surface area contributed by atoms with E-state index >= 15 is 0 Å². The fourth-order valence-corrected chi connectivity index (χ4v) is 1.26. The van der Waals surface area contributed by atoms with E-state index in [0.717, 1.165) is 12.8 Å². The van der Waals surface area contributed by atoms with Crippen molar-refractivity contribution in [1.82, 2.24) is 0 Å². The summed E-state index contributed by atoms with van der Waals surface area (Å²) in [6.07, 6.45) is 2.26. The fourth-order valence-electron chi connectivity index (χ4n) is 1.26. The molecule has 0 saturated carbocycles. The molecule has 0 bridgehead atoms. The molecule has 1 aromatic carbocycles. The van der Waals surface area contributed by atoms with Gasteiger partial charge in [0.2, 0.25) is 0 Å². The first kappa shape index (κ1) is 18.0. The Morgan fingerprint density at radius 2 is 2.25 bits per heavy atom. The molecule has 1 aromatic rings. The topological polar surface area (TPSA) is 26.3 Å². The molecule has 0 aliphatic rings. The van der Waals surface area contributed by atoms with Gasteiger partial charge in [0.15, 0.2) is 0 Å². The average molecular weight is 293 g/mol. The number of hydrogen-bond acceptors (Lipinski definition) is 2. The molecule has 0 fully saturated rings. The van der Waals surface area contributed by atoms with Gasteiger partial charge in [0.25, 0.3) is 0 Å². The smallest absolute Gasteiger partial charge is 0.305 e. The van der Waals surface area contributed by atoms with Crippen LogP contribution >= 0.6 is 12.4 Å². The van der Waals surface area contributed by atoms with Crippen molar-refractivity contribution in [1.29, 1.82) is 0 Å². The molecule has 0 amide bonds. The van der Waals surface area contributed by atoms with Crippen LogP contribution in [-0.4, -0.2) is 12.6 Å². The summed E-state index contributed by atoms with van der Waals surface area (Å²) in [5.74, 6) is -0.104. The zero-order valence-electron chi connectivity index (χ0n) is 9.57.